The molecule has 12 nitrogen and oxygen atoms in total. The summed E-state index contributed by atoms with van der Waals surface area (Å²) in [5.74, 6) is -2.69. The van der Waals surface area contributed by atoms with E-state index < -0.39 is 59.1 Å². The van der Waals surface area contributed by atoms with Crippen molar-refractivity contribution in [3.8, 4) is 5.75 Å². The summed E-state index contributed by atoms with van der Waals surface area (Å²) in [7, 11) is 1.53. The summed E-state index contributed by atoms with van der Waals surface area (Å²) < 4.78 is 5.18. The number of carbonyl (C=O) groups excluding carboxylic acids is 6. The van der Waals surface area contributed by atoms with Gasteiger partial charge in [-0.2, -0.15) is 0 Å². The van der Waals surface area contributed by atoms with Crippen LogP contribution in [0.5, 0.6) is 5.75 Å². The molecule has 2 aliphatic carbocycles. The number of piperidine rings is 1. The second-order valence-corrected chi connectivity index (χ2v) is 15.1. The Morgan fingerprint density at radius 3 is 2.11 bits per heavy atom. The van der Waals surface area contributed by atoms with Crippen LogP contribution >= 0.6 is 0 Å². The molecule has 0 spiro atoms. The summed E-state index contributed by atoms with van der Waals surface area (Å²) >= 11 is 0. The van der Waals surface area contributed by atoms with Crippen molar-refractivity contribution in [1.29, 1.82) is 0 Å². The van der Waals surface area contributed by atoms with Gasteiger partial charge in [0.1, 0.15) is 17.8 Å². The van der Waals surface area contributed by atoms with Crippen molar-refractivity contribution in [2.24, 2.45) is 40.2 Å². The molecule has 1 heterocycles. The molecule has 1 unspecified atom stereocenters. The van der Waals surface area contributed by atoms with E-state index in [0.717, 1.165) is 12.8 Å². The molecule has 2 saturated carbocycles. The molecule has 0 bridgehead atoms. The summed E-state index contributed by atoms with van der Waals surface area (Å²) in [6, 6.07) is 2.09. The molecule has 1 aromatic rings. The van der Waals surface area contributed by atoms with Gasteiger partial charge in [-0.3, -0.25) is 24.0 Å². The molecule has 3 aliphatic rings. The predicted octanol–water partition coefficient (Wildman–Crippen LogP) is 2.44. The lowest BCUT2D eigenvalue weighted by Crippen LogP contribution is -2.62. The van der Waals surface area contributed by atoms with Crippen LogP contribution < -0.4 is 26.4 Å². The maximum Gasteiger partial charge on any atom is 0.316 e. The average Bonchev–Trinajstić information content (AvgIpc) is 3.84. The quantitative estimate of drug-likeness (QED) is 0.189. The number of nitrogens with two attached hydrogens (primary N) is 1. The highest BCUT2D eigenvalue weighted by atomic mass is 16.5. The topological polar surface area (TPSA) is 177 Å². The van der Waals surface area contributed by atoms with Crippen LogP contribution in [0.2, 0.25) is 0 Å². The van der Waals surface area contributed by atoms with E-state index in [1.165, 1.54) is 12.0 Å². The Morgan fingerprint density at radius 2 is 1.61 bits per heavy atom. The Kier molecular flexibility index (Phi) is 9.89. The summed E-state index contributed by atoms with van der Waals surface area (Å²) in [4.78, 5) is 80.7. The molecule has 1 aliphatic heterocycles. The number of ketones is 2. The van der Waals surface area contributed by atoms with E-state index >= 15 is 0 Å². The van der Waals surface area contributed by atoms with Gasteiger partial charge in [0.15, 0.2) is 5.78 Å². The molecule has 1 saturated heterocycles. The average molecular weight is 640 g/mol. The third kappa shape index (κ3) is 7.36. The van der Waals surface area contributed by atoms with Crippen molar-refractivity contribution in [3.05, 3.63) is 29.8 Å². The number of primary amides is 1. The number of methoxy groups -OCH3 is 1. The van der Waals surface area contributed by atoms with Crippen LogP contribution in [0.15, 0.2) is 24.3 Å². The van der Waals surface area contributed by atoms with Gasteiger partial charge in [-0.15, -0.1) is 0 Å². The van der Waals surface area contributed by atoms with Crippen LogP contribution in [0.25, 0.3) is 0 Å². The molecule has 3 fully saturated rings. The number of rotatable bonds is 13. The number of hydrogen-bond acceptors (Lipinski definition) is 7. The fourth-order valence-electron chi connectivity index (χ4n) is 6.76. The molecule has 0 radical (unpaired) electrons. The van der Waals surface area contributed by atoms with Crippen molar-refractivity contribution in [2.45, 2.75) is 91.9 Å². The zero-order valence-corrected chi connectivity index (χ0v) is 28.1. The maximum absolute atomic E-state index is 14.3. The zero-order valence-electron chi connectivity index (χ0n) is 28.1. The Bertz CT molecular complexity index is 1380. The third-order valence-corrected chi connectivity index (χ3v) is 9.90. The first-order valence-corrected chi connectivity index (χ1v) is 16.1. The van der Waals surface area contributed by atoms with E-state index in [1.807, 2.05) is 48.5 Å². The molecular formula is C34H49N5O7. The number of fused-ring (bicyclic) bond motifs is 1. The van der Waals surface area contributed by atoms with E-state index in [4.69, 9.17) is 10.5 Å². The second kappa shape index (κ2) is 13.0. The first-order chi connectivity index (χ1) is 21.4. The number of hydrogen-bond donors (Lipinski definition) is 4. The normalized spacial score (nSPS) is 23.4. The van der Waals surface area contributed by atoms with Gasteiger partial charge in [-0.1, -0.05) is 61.3 Å². The summed E-state index contributed by atoms with van der Waals surface area (Å²) in [6.45, 7) is 13.5. The smallest absolute Gasteiger partial charge is 0.316 e. The van der Waals surface area contributed by atoms with Crippen molar-refractivity contribution in [1.82, 2.24) is 20.9 Å². The highest BCUT2D eigenvalue weighted by molar-refractivity contribution is 6.37. The molecule has 5 N–H and O–H groups in total. The largest absolute Gasteiger partial charge is 0.497 e. The lowest BCUT2D eigenvalue weighted by atomic mass is 9.85. The molecule has 252 valence electrons. The number of amides is 5. The molecule has 1 aromatic carbocycles. The van der Waals surface area contributed by atoms with Crippen molar-refractivity contribution < 1.29 is 33.5 Å². The van der Waals surface area contributed by atoms with Crippen LogP contribution in [-0.4, -0.2) is 78.0 Å². The van der Waals surface area contributed by atoms with Crippen molar-refractivity contribution in [2.75, 3.05) is 13.7 Å². The number of nitrogens with one attached hydrogen (secondary N) is 3. The Morgan fingerprint density at radius 1 is 1.00 bits per heavy atom. The van der Waals surface area contributed by atoms with Gasteiger partial charge in [0.25, 0.3) is 5.91 Å². The number of ether oxygens (including phenoxy) is 1. The van der Waals surface area contributed by atoms with Gasteiger partial charge in [-0.25, -0.2) is 4.79 Å². The van der Waals surface area contributed by atoms with E-state index in [9.17, 15) is 28.8 Å². The van der Waals surface area contributed by atoms with Gasteiger partial charge in [0.2, 0.25) is 17.6 Å². The van der Waals surface area contributed by atoms with Crippen molar-refractivity contribution >= 4 is 35.3 Å². The minimum absolute atomic E-state index is 0.0582. The molecule has 12 heteroatoms. The first-order valence-electron chi connectivity index (χ1n) is 16.1. The van der Waals surface area contributed by atoms with Gasteiger partial charge in [-0.05, 0) is 65.2 Å². The number of Topliss-reactive ketones (excluding diaryl/α,β-unsaturated/α-hetero) is 2. The van der Waals surface area contributed by atoms with Gasteiger partial charge < -0.3 is 31.3 Å². The standard InChI is InChI=1S/C34H49N5O7/c1-17(2)24(26(40)19-11-13-20(46-8)14-12-19)37-32(45)38-28(33(3,4)5)31(44)39-16-21-23(34(21,6)7)25(39)30(43)36-22(15-18-9-10-18)27(41)29(35)42/h11-14,17-18,21-25,28H,9-10,15-16H2,1-8H3,(H2,35,42)(H,36,43)(H2,37,38,45)/t21-,22?,23-,24-,25-,28+/m0/s1. The maximum atomic E-state index is 14.3. The molecule has 46 heavy (non-hydrogen) atoms. The number of likely N-dealkylation sites (tertiary alicyclic amines) is 1. The van der Waals surface area contributed by atoms with E-state index in [0.29, 0.717) is 24.3 Å². The fraction of sp³-hybridized carbons (Fsp3) is 0.647. The minimum Gasteiger partial charge on any atom is -0.497 e. The summed E-state index contributed by atoms with van der Waals surface area (Å²) in [5, 5.41) is 8.32. The number of benzene rings is 1. The van der Waals surface area contributed by atoms with Gasteiger partial charge in [0.05, 0.1) is 19.2 Å². The highest BCUT2D eigenvalue weighted by Crippen LogP contribution is 2.65. The number of nitrogens with zero attached hydrogens (tertiary/aromatic N) is 1. The van der Waals surface area contributed by atoms with E-state index in [1.54, 1.807) is 24.3 Å². The Hall–Kier alpha value is -3.96. The third-order valence-electron chi connectivity index (χ3n) is 9.90. The lowest BCUT2D eigenvalue weighted by Gasteiger charge is -2.38. The van der Waals surface area contributed by atoms with Crippen LogP contribution in [0, 0.1) is 34.5 Å². The van der Waals surface area contributed by atoms with E-state index in [2.05, 4.69) is 16.0 Å². The molecule has 4 rings (SSSR count). The second-order valence-electron chi connectivity index (χ2n) is 15.1. The Balaban J connectivity index is 1.52. The first kappa shape index (κ1) is 34.9. The highest BCUT2D eigenvalue weighted by Gasteiger charge is 2.70. The lowest BCUT2D eigenvalue weighted by molar-refractivity contribution is -0.145. The molecule has 0 aromatic heterocycles. The molecular weight excluding hydrogens is 590 g/mol. The molecule has 6 atom stereocenters. The van der Waals surface area contributed by atoms with Crippen molar-refractivity contribution in [3.63, 3.8) is 0 Å². The number of carbonyl (C=O) groups is 6. The van der Waals surface area contributed by atoms with Crippen LogP contribution in [0.1, 0.15) is 78.1 Å². The monoisotopic (exact) mass is 639 g/mol. The van der Waals surface area contributed by atoms with Gasteiger partial charge in [0, 0.05) is 12.1 Å². The predicted molar refractivity (Wildman–Crippen MR) is 171 cm³/mol. The summed E-state index contributed by atoms with van der Waals surface area (Å²) in [5.41, 5.74) is 4.73. The van der Waals surface area contributed by atoms with Crippen LogP contribution in [0.3, 0.4) is 0 Å². The minimum atomic E-state index is -1.11. The Labute approximate surface area is 270 Å². The zero-order chi connectivity index (χ0) is 34.3. The summed E-state index contributed by atoms with van der Waals surface area (Å²) in [6.07, 6.45) is 2.15. The van der Waals surface area contributed by atoms with Gasteiger partial charge >= 0.3 is 6.03 Å². The molecule has 5 amide bonds. The van der Waals surface area contributed by atoms with Crippen LogP contribution in [0.4, 0.5) is 4.79 Å². The van der Waals surface area contributed by atoms with E-state index in [-0.39, 0.29) is 34.9 Å². The number of urea groups is 1. The fourth-order valence-corrected chi connectivity index (χ4v) is 6.76. The van der Waals surface area contributed by atoms with Crippen LogP contribution in [-0.2, 0) is 19.2 Å². The SMILES string of the molecule is COc1ccc(C(=O)[C@@H](NC(=O)N[C@H](C(=O)N2C[C@H]3[C@@H]([C@H]2C(=O)NC(CC2CC2)C(=O)C(N)=O)C3(C)C)C(C)(C)C)C(C)C)cc1.